The maximum Gasteiger partial charge on any atom is 0.348 e. The van der Waals surface area contributed by atoms with Crippen molar-refractivity contribution in [2.24, 2.45) is 5.73 Å². The lowest BCUT2D eigenvalue weighted by atomic mass is 10.2. The summed E-state index contributed by atoms with van der Waals surface area (Å²) in [6, 6.07) is 5.66. The number of hydrogen-bond acceptors (Lipinski definition) is 4. The summed E-state index contributed by atoms with van der Waals surface area (Å²) in [7, 11) is 0. The van der Waals surface area contributed by atoms with E-state index in [4.69, 9.17) is 5.73 Å². The van der Waals surface area contributed by atoms with Crippen LogP contribution in [0.4, 0.5) is 0 Å². The molecule has 0 saturated carbocycles. The third kappa shape index (κ3) is 2.46. The van der Waals surface area contributed by atoms with Crippen molar-refractivity contribution in [3.05, 3.63) is 57.5 Å². The number of nitrogens with two attached hydrogens (primary N) is 1. The number of pyridine rings is 1. The van der Waals surface area contributed by atoms with Crippen molar-refractivity contribution in [1.82, 2.24) is 14.5 Å². The lowest BCUT2D eigenvalue weighted by Gasteiger charge is -2.11. The van der Waals surface area contributed by atoms with Gasteiger partial charge in [-0.25, -0.2) is 4.79 Å². The van der Waals surface area contributed by atoms with Crippen molar-refractivity contribution in [1.29, 1.82) is 0 Å². The maximum atomic E-state index is 11.9. The lowest BCUT2D eigenvalue weighted by Crippen LogP contribution is -2.26. The second-order valence-corrected chi connectivity index (χ2v) is 4.22. The molecule has 0 atom stereocenters. The largest absolute Gasteiger partial charge is 0.348 e. The zero-order valence-corrected chi connectivity index (χ0v) is 10.6. The van der Waals surface area contributed by atoms with Gasteiger partial charge in [-0.3, -0.25) is 9.55 Å². The molecule has 5 heteroatoms. The smallest absolute Gasteiger partial charge is 0.325 e. The Balaban J connectivity index is 2.43. The van der Waals surface area contributed by atoms with Gasteiger partial charge in [0.2, 0.25) is 0 Å². The Labute approximate surface area is 105 Å². The van der Waals surface area contributed by atoms with E-state index in [0.29, 0.717) is 13.1 Å². The third-order valence-electron chi connectivity index (χ3n) is 2.85. The monoisotopic (exact) mass is 244 g/mol. The molecule has 0 bridgehead atoms. The van der Waals surface area contributed by atoms with Crippen LogP contribution in [-0.4, -0.2) is 14.5 Å². The molecule has 18 heavy (non-hydrogen) atoms. The average molecular weight is 244 g/mol. The van der Waals surface area contributed by atoms with E-state index in [9.17, 15) is 4.79 Å². The van der Waals surface area contributed by atoms with Gasteiger partial charge in [-0.05, 0) is 31.5 Å². The molecule has 2 rings (SSSR count). The van der Waals surface area contributed by atoms with Crippen LogP contribution in [0.5, 0.6) is 0 Å². The summed E-state index contributed by atoms with van der Waals surface area (Å²) in [6.45, 7) is 4.53. The third-order valence-corrected chi connectivity index (χ3v) is 2.85. The summed E-state index contributed by atoms with van der Waals surface area (Å²) in [5, 5.41) is 0. The second-order valence-electron chi connectivity index (χ2n) is 4.22. The molecule has 0 aliphatic carbocycles. The van der Waals surface area contributed by atoms with Crippen molar-refractivity contribution >= 4 is 0 Å². The molecule has 0 unspecified atom stereocenters. The predicted molar refractivity (Wildman–Crippen MR) is 69.2 cm³/mol. The summed E-state index contributed by atoms with van der Waals surface area (Å²) in [5.41, 5.74) is 8.79. The Morgan fingerprint density at radius 2 is 2.17 bits per heavy atom. The van der Waals surface area contributed by atoms with Crippen LogP contribution in [0.25, 0.3) is 0 Å². The van der Waals surface area contributed by atoms with Crippen LogP contribution in [0.15, 0.2) is 29.2 Å². The molecule has 2 aromatic heterocycles. The molecule has 5 nitrogen and oxygen atoms in total. The molecular weight excluding hydrogens is 228 g/mol. The van der Waals surface area contributed by atoms with E-state index < -0.39 is 0 Å². The van der Waals surface area contributed by atoms with Crippen molar-refractivity contribution < 1.29 is 0 Å². The van der Waals surface area contributed by atoms with Gasteiger partial charge in [-0.15, -0.1) is 0 Å². The maximum absolute atomic E-state index is 11.9. The predicted octanol–water partition coefficient (Wildman–Crippen LogP) is 0.762. The quantitative estimate of drug-likeness (QED) is 0.865. The molecular formula is C13H16N4O. The summed E-state index contributed by atoms with van der Waals surface area (Å²) in [6.07, 6.45) is 1.70. The number of nitrogens with zero attached hydrogens (tertiary/aromatic N) is 3. The van der Waals surface area contributed by atoms with Gasteiger partial charge in [0.25, 0.3) is 0 Å². The van der Waals surface area contributed by atoms with Crippen LogP contribution in [0.3, 0.4) is 0 Å². The first-order valence-electron chi connectivity index (χ1n) is 5.79. The van der Waals surface area contributed by atoms with Crippen molar-refractivity contribution in [3.63, 3.8) is 0 Å². The number of aryl methyl sites for hydroxylation is 2. The van der Waals surface area contributed by atoms with Crippen molar-refractivity contribution in [2.45, 2.75) is 26.9 Å². The molecule has 0 spiro atoms. The topological polar surface area (TPSA) is 73.8 Å². The highest BCUT2D eigenvalue weighted by atomic mass is 16.1. The Morgan fingerprint density at radius 1 is 1.39 bits per heavy atom. The molecule has 0 radical (unpaired) electrons. The van der Waals surface area contributed by atoms with E-state index in [1.807, 2.05) is 32.0 Å². The van der Waals surface area contributed by atoms with Gasteiger partial charge >= 0.3 is 5.69 Å². The fourth-order valence-corrected chi connectivity index (χ4v) is 1.94. The average Bonchev–Trinajstić information content (AvgIpc) is 2.34. The minimum Gasteiger partial charge on any atom is -0.325 e. The van der Waals surface area contributed by atoms with Crippen molar-refractivity contribution in [2.75, 3.05) is 0 Å². The fraction of sp³-hybridized carbons (Fsp3) is 0.308. The molecule has 2 N–H and O–H groups in total. The van der Waals surface area contributed by atoms with Gasteiger partial charge in [0.15, 0.2) is 0 Å². The zero-order valence-electron chi connectivity index (χ0n) is 10.6. The minimum absolute atomic E-state index is 0.237. The molecule has 0 aliphatic rings. The lowest BCUT2D eigenvalue weighted by molar-refractivity contribution is 0.684. The van der Waals surface area contributed by atoms with Gasteiger partial charge in [0.1, 0.15) is 0 Å². The molecule has 2 heterocycles. The Hall–Kier alpha value is -2.01. The zero-order chi connectivity index (χ0) is 13.1. The first-order chi connectivity index (χ1) is 8.61. The molecule has 0 aromatic carbocycles. The van der Waals surface area contributed by atoms with Crippen LogP contribution in [0.1, 0.15) is 22.6 Å². The Morgan fingerprint density at radius 3 is 2.83 bits per heavy atom. The summed E-state index contributed by atoms with van der Waals surface area (Å²) in [4.78, 5) is 20.0. The van der Waals surface area contributed by atoms with E-state index >= 15 is 0 Å². The van der Waals surface area contributed by atoms with E-state index in [2.05, 4.69) is 9.97 Å². The molecule has 2 aromatic rings. The standard InChI is InChI=1S/C13H16N4O/c1-9-6-10(2)17(13(18)16-9)8-11-4-3-5-15-12(11)7-14/h3-6H,7-8,14H2,1-2H3. The molecule has 0 amide bonds. The molecule has 0 saturated heterocycles. The number of rotatable bonds is 3. The van der Waals surface area contributed by atoms with Crippen LogP contribution >= 0.6 is 0 Å². The van der Waals surface area contributed by atoms with Gasteiger partial charge in [0.05, 0.1) is 12.2 Å². The normalized spacial score (nSPS) is 10.6. The van der Waals surface area contributed by atoms with Gasteiger partial charge < -0.3 is 5.73 Å². The number of aromatic nitrogens is 3. The van der Waals surface area contributed by atoms with Gasteiger partial charge in [0, 0.05) is 24.1 Å². The van der Waals surface area contributed by atoms with Crippen LogP contribution in [0, 0.1) is 13.8 Å². The van der Waals surface area contributed by atoms with Crippen LogP contribution in [0.2, 0.25) is 0 Å². The first-order valence-corrected chi connectivity index (χ1v) is 5.79. The first kappa shape index (κ1) is 12.4. The number of hydrogen-bond donors (Lipinski definition) is 1. The highest BCUT2D eigenvalue weighted by Crippen LogP contribution is 2.07. The SMILES string of the molecule is Cc1cc(C)n(Cc2cccnc2CN)c(=O)n1. The molecule has 94 valence electrons. The summed E-state index contributed by atoms with van der Waals surface area (Å²) in [5.74, 6) is 0. The van der Waals surface area contributed by atoms with E-state index in [1.54, 1.807) is 10.8 Å². The van der Waals surface area contributed by atoms with E-state index in [0.717, 1.165) is 22.6 Å². The molecule has 0 fully saturated rings. The van der Waals surface area contributed by atoms with Crippen LogP contribution in [-0.2, 0) is 13.1 Å². The second kappa shape index (κ2) is 5.10. The summed E-state index contributed by atoms with van der Waals surface area (Å²) < 4.78 is 1.63. The van der Waals surface area contributed by atoms with Gasteiger partial charge in [-0.1, -0.05) is 6.07 Å². The van der Waals surface area contributed by atoms with Gasteiger partial charge in [-0.2, -0.15) is 4.98 Å². The highest BCUT2D eigenvalue weighted by Gasteiger charge is 2.07. The molecule has 0 aliphatic heterocycles. The van der Waals surface area contributed by atoms with E-state index in [1.165, 1.54) is 0 Å². The summed E-state index contributed by atoms with van der Waals surface area (Å²) >= 11 is 0. The Kier molecular flexibility index (Phi) is 3.53. The Bertz CT molecular complexity index is 619. The highest BCUT2D eigenvalue weighted by molar-refractivity contribution is 5.21. The fourth-order valence-electron chi connectivity index (χ4n) is 1.94. The van der Waals surface area contributed by atoms with Crippen molar-refractivity contribution in [3.8, 4) is 0 Å². The van der Waals surface area contributed by atoms with Crippen LogP contribution < -0.4 is 11.4 Å². The minimum atomic E-state index is -0.237. The van der Waals surface area contributed by atoms with E-state index in [-0.39, 0.29) is 5.69 Å².